The van der Waals surface area contributed by atoms with Crippen LogP contribution in [0.25, 0.3) is 0 Å². The Bertz CT molecular complexity index is 778. The summed E-state index contributed by atoms with van der Waals surface area (Å²) in [4.78, 5) is 26.3. The number of aryl methyl sites for hydroxylation is 1. The fourth-order valence-electron chi connectivity index (χ4n) is 2.96. The lowest BCUT2D eigenvalue weighted by molar-refractivity contribution is 0.00106. The number of rotatable bonds is 5. The third-order valence-electron chi connectivity index (χ3n) is 5.22. The number of hydrogen-bond acceptors (Lipinski definition) is 7. The quantitative estimate of drug-likeness (QED) is 0.630. The molecule has 9 nitrogen and oxygen atoms in total. The van der Waals surface area contributed by atoms with Gasteiger partial charge < -0.3 is 18.8 Å². The van der Waals surface area contributed by atoms with Gasteiger partial charge in [0.1, 0.15) is 11.2 Å². The minimum atomic E-state index is -0.738. The molecule has 0 bridgehead atoms. The molecule has 1 saturated heterocycles. The Morgan fingerprint density at radius 2 is 1.47 bits per heavy atom. The van der Waals surface area contributed by atoms with Gasteiger partial charge in [-0.1, -0.05) is 0 Å². The molecule has 0 atom stereocenters. The highest BCUT2D eigenvalue weighted by Gasteiger charge is 2.52. The van der Waals surface area contributed by atoms with Crippen molar-refractivity contribution in [2.45, 2.75) is 105 Å². The number of amides is 2. The first-order valence-electron chi connectivity index (χ1n) is 11.0. The van der Waals surface area contributed by atoms with E-state index in [4.69, 9.17) is 18.8 Å². The normalized spacial score (nSPS) is 17.9. The molecule has 180 valence electrons. The lowest BCUT2D eigenvalue weighted by Gasteiger charge is -2.32. The first-order chi connectivity index (χ1) is 14.4. The van der Waals surface area contributed by atoms with Crippen LogP contribution in [0.2, 0.25) is 0 Å². The maximum atomic E-state index is 12.6. The van der Waals surface area contributed by atoms with Crippen molar-refractivity contribution in [3.8, 4) is 0 Å². The van der Waals surface area contributed by atoms with Crippen molar-refractivity contribution in [2.75, 3.05) is 6.54 Å². The lowest BCUT2D eigenvalue weighted by Crippen LogP contribution is -2.44. The predicted molar refractivity (Wildman–Crippen MR) is 122 cm³/mol. The summed E-state index contributed by atoms with van der Waals surface area (Å²) < 4.78 is 24.8. The van der Waals surface area contributed by atoms with Crippen molar-refractivity contribution in [2.24, 2.45) is 0 Å². The Morgan fingerprint density at radius 1 is 1.00 bits per heavy atom. The van der Waals surface area contributed by atoms with Crippen LogP contribution in [0, 0.1) is 0 Å². The van der Waals surface area contributed by atoms with Crippen LogP contribution in [-0.4, -0.2) is 62.9 Å². The molecular weight excluding hydrogens is 413 g/mol. The SMILES string of the molecule is CC(C)(C)OC(=O)N(CCCn1nccc1B1OC(C)(C)C(C)(C)O1)C(=O)OC(C)(C)C. The van der Waals surface area contributed by atoms with E-state index in [1.165, 1.54) is 0 Å². The summed E-state index contributed by atoms with van der Waals surface area (Å²) in [6.07, 6.45) is 0.656. The number of carbonyl (C=O) groups excluding carboxylic acids is 2. The summed E-state index contributed by atoms with van der Waals surface area (Å²) >= 11 is 0. The topological polar surface area (TPSA) is 92.1 Å². The average molecular weight is 451 g/mol. The van der Waals surface area contributed by atoms with Crippen LogP contribution in [0.1, 0.15) is 75.7 Å². The van der Waals surface area contributed by atoms with E-state index < -0.39 is 41.7 Å². The Kier molecular flexibility index (Phi) is 7.41. The van der Waals surface area contributed by atoms with Gasteiger partial charge in [-0.05, 0) is 81.7 Å². The Morgan fingerprint density at radius 3 is 1.91 bits per heavy atom. The molecule has 1 fully saturated rings. The minimum Gasteiger partial charge on any atom is -0.443 e. The zero-order valence-corrected chi connectivity index (χ0v) is 21.1. The second-order valence-corrected chi connectivity index (χ2v) is 11.0. The summed E-state index contributed by atoms with van der Waals surface area (Å²) in [6.45, 7) is 19.0. The molecule has 1 aromatic rings. The number of aromatic nitrogens is 2. The van der Waals surface area contributed by atoms with E-state index in [9.17, 15) is 9.59 Å². The molecule has 1 aromatic heterocycles. The summed E-state index contributed by atoms with van der Waals surface area (Å²) in [7, 11) is -0.546. The van der Waals surface area contributed by atoms with Gasteiger partial charge in [-0.15, -0.1) is 0 Å². The van der Waals surface area contributed by atoms with Crippen LogP contribution >= 0.6 is 0 Å². The minimum absolute atomic E-state index is 0.118. The Hall–Kier alpha value is -2.07. The molecular formula is C22H38BN3O6. The first-order valence-corrected chi connectivity index (χ1v) is 11.0. The number of imide groups is 1. The molecule has 0 saturated carbocycles. The van der Waals surface area contributed by atoms with Gasteiger partial charge in [-0.3, -0.25) is 4.68 Å². The monoisotopic (exact) mass is 451 g/mol. The summed E-state index contributed by atoms with van der Waals surface area (Å²) in [6, 6.07) is 1.85. The van der Waals surface area contributed by atoms with Crippen molar-refractivity contribution in [3.63, 3.8) is 0 Å². The molecule has 0 radical (unpaired) electrons. The van der Waals surface area contributed by atoms with E-state index in [0.29, 0.717) is 13.0 Å². The molecule has 0 spiro atoms. The molecule has 2 amide bonds. The van der Waals surface area contributed by atoms with Crippen LogP contribution in [0.3, 0.4) is 0 Å². The van der Waals surface area contributed by atoms with Crippen molar-refractivity contribution in [1.82, 2.24) is 14.7 Å². The van der Waals surface area contributed by atoms with Gasteiger partial charge in [-0.25, -0.2) is 14.5 Å². The van der Waals surface area contributed by atoms with Gasteiger partial charge in [0.15, 0.2) is 0 Å². The number of carbonyl (C=O) groups is 2. The smallest absolute Gasteiger partial charge is 0.443 e. The predicted octanol–water partition coefficient (Wildman–Crippen LogP) is 3.74. The van der Waals surface area contributed by atoms with Gasteiger partial charge >= 0.3 is 19.3 Å². The largest absolute Gasteiger partial charge is 0.514 e. The first kappa shape index (κ1) is 26.2. The van der Waals surface area contributed by atoms with Gasteiger partial charge in [0.2, 0.25) is 0 Å². The van der Waals surface area contributed by atoms with Crippen LogP contribution < -0.4 is 5.59 Å². The van der Waals surface area contributed by atoms with E-state index >= 15 is 0 Å². The molecule has 1 aliphatic heterocycles. The van der Waals surface area contributed by atoms with Crippen LogP contribution in [0.5, 0.6) is 0 Å². The van der Waals surface area contributed by atoms with Crippen molar-refractivity contribution < 1.29 is 28.4 Å². The fraction of sp³-hybridized carbons (Fsp3) is 0.773. The van der Waals surface area contributed by atoms with Crippen LogP contribution in [0.4, 0.5) is 9.59 Å². The molecule has 10 heteroatoms. The standard InChI is InChI=1S/C22H38BN3O6/c1-19(2,3)29-17(27)25(18(28)30-20(4,5)6)14-11-15-26-16(12-13-24-26)23-31-21(7,8)22(9,10)32-23/h12-13H,11,14-15H2,1-10H3. The zero-order valence-electron chi connectivity index (χ0n) is 21.1. The maximum absolute atomic E-state index is 12.6. The summed E-state index contributed by atoms with van der Waals surface area (Å²) in [5.41, 5.74) is -1.61. The van der Waals surface area contributed by atoms with E-state index in [1.54, 1.807) is 52.4 Å². The van der Waals surface area contributed by atoms with E-state index in [1.807, 2.05) is 33.8 Å². The molecule has 0 aromatic carbocycles. The van der Waals surface area contributed by atoms with Gasteiger partial charge in [0.05, 0.1) is 16.8 Å². The highest BCUT2D eigenvalue weighted by molar-refractivity contribution is 6.61. The zero-order chi connectivity index (χ0) is 24.5. The maximum Gasteiger partial charge on any atom is 0.514 e. The van der Waals surface area contributed by atoms with Crippen LogP contribution in [-0.2, 0) is 25.3 Å². The van der Waals surface area contributed by atoms with Gasteiger partial charge in [0, 0.05) is 19.3 Å². The number of nitrogens with zero attached hydrogens (tertiary/aromatic N) is 3. The molecule has 2 heterocycles. The van der Waals surface area contributed by atoms with Crippen molar-refractivity contribution >= 4 is 24.9 Å². The third-order valence-corrected chi connectivity index (χ3v) is 5.22. The van der Waals surface area contributed by atoms with E-state index in [2.05, 4.69) is 5.10 Å². The Labute approximate surface area is 191 Å². The van der Waals surface area contributed by atoms with Gasteiger partial charge in [-0.2, -0.15) is 5.10 Å². The molecule has 0 unspecified atom stereocenters. The van der Waals surface area contributed by atoms with Crippen LogP contribution in [0.15, 0.2) is 12.3 Å². The summed E-state index contributed by atoms with van der Waals surface area (Å²) in [5.74, 6) is 0. The van der Waals surface area contributed by atoms with E-state index in [-0.39, 0.29) is 6.54 Å². The molecule has 0 N–H and O–H groups in total. The highest BCUT2D eigenvalue weighted by Crippen LogP contribution is 2.36. The second kappa shape index (κ2) is 9.06. The number of hydrogen-bond donors (Lipinski definition) is 0. The van der Waals surface area contributed by atoms with Crippen molar-refractivity contribution in [3.05, 3.63) is 12.3 Å². The van der Waals surface area contributed by atoms with Gasteiger partial charge in [0.25, 0.3) is 0 Å². The number of ether oxygens (including phenoxy) is 2. The lowest BCUT2D eigenvalue weighted by atomic mass is 9.84. The second-order valence-electron chi connectivity index (χ2n) is 11.0. The van der Waals surface area contributed by atoms with Crippen molar-refractivity contribution in [1.29, 1.82) is 0 Å². The molecule has 1 aliphatic rings. The summed E-state index contributed by atoms with van der Waals surface area (Å²) in [5, 5.41) is 4.37. The highest BCUT2D eigenvalue weighted by atomic mass is 16.7. The Balaban J connectivity index is 2.08. The molecule has 0 aliphatic carbocycles. The third kappa shape index (κ3) is 6.72. The fourth-order valence-corrected chi connectivity index (χ4v) is 2.96. The van der Waals surface area contributed by atoms with E-state index in [0.717, 1.165) is 10.5 Å². The average Bonchev–Trinajstić information content (AvgIpc) is 3.10. The molecule has 32 heavy (non-hydrogen) atoms. The molecule has 2 rings (SSSR count).